The molecule has 0 aliphatic carbocycles. The standard InChI is InChI=1S/C42H32B4N2O10/c43-25-19-21-30(47(17-9-5-2-6-10-17)29(19)42(58)39(55)27(25)45)37(53)26(44)20(33(21)49)24-34(50)22-23-31(38(54)28(46)40(56)35(23)51)48(32(22)41(57)36(24)52)18-13-11-16(12-14-18)15-7-3-1-4-8-15/h1-14,49-58H,43-46H2. The lowest BCUT2D eigenvalue weighted by Gasteiger charge is -2.19. The number of hydrogen-bond acceptors (Lipinski definition) is 10. The van der Waals surface area contributed by atoms with E-state index in [1.54, 1.807) is 70.3 Å². The van der Waals surface area contributed by atoms with E-state index >= 15 is 0 Å². The molecule has 0 atom stereocenters. The third kappa shape index (κ3) is 4.56. The number of hydrogen-bond donors (Lipinski definition) is 10. The van der Waals surface area contributed by atoms with Gasteiger partial charge in [0.1, 0.15) is 59.9 Å². The molecule has 0 spiro atoms. The molecule has 0 amide bonds. The van der Waals surface area contributed by atoms with Gasteiger partial charge in [0.25, 0.3) is 0 Å². The lowest BCUT2D eigenvalue weighted by atomic mass is 9.76. The molecule has 0 unspecified atom stereocenters. The summed E-state index contributed by atoms with van der Waals surface area (Å²) in [4.78, 5) is 0. The van der Waals surface area contributed by atoms with Crippen LogP contribution in [0.1, 0.15) is 0 Å². The number of aromatic hydroxyl groups is 10. The number of nitrogens with zero attached hydrogens (tertiary/aromatic N) is 2. The third-order valence-corrected chi connectivity index (χ3v) is 11.6. The van der Waals surface area contributed by atoms with E-state index in [1.165, 1.54) is 24.8 Å². The highest BCUT2D eigenvalue weighted by Crippen LogP contribution is 2.58. The topological polar surface area (TPSA) is 212 Å². The monoisotopic (exact) mass is 768 g/mol. The molecule has 9 rings (SSSR count). The van der Waals surface area contributed by atoms with Crippen molar-refractivity contribution in [1.82, 2.24) is 9.13 Å². The molecule has 0 saturated carbocycles. The van der Waals surface area contributed by atoms with E-state index < -0.39 is 63.1 Å². The number of phenolic OH excluding ortho intramolecular Hbond substituents is 10. The van der Waals surface area contributed by atoms with Crippen molar-refractivity contribution in [2.75, 3.05) is 0 Å². The van der Waals surface area contributed by atoms with Crippen LogP contribution >= 0.6 is 0 Å². The molecule has 16 heteroatoms. The summed E-state index contributed by atoms with van der Waals surface area (Å²) >= 11 is 0. The molecular formula is C42H32B4N2O10. The molecule has 9 aromatic rings. The fraction of sp³-hybridized carbons (Fsp3) is 0. The first-order valence-corrected chi connectivity index (χ1v) is 18.2. The van der Waals surface area contributed by atoms with Gasteiger partial charge in [-0.2, -0.15) is 0 Å². The van der Waals surface area contributed by atoms with Gasteiger partial charge in [-0.1, -0.05) is 66.1 Å². The van der Waals surface area contributed by atoms with Crippen molar-refractivity contribution in [1.29, 1.82) is 0 Å². The maximum absolute atomic E-state index is 12.4. The van der Waals surface area contributed by atoms with Crippen LogP contribution in [-0.2, 0) is 0 Å². The maximum atomic E-state index is 12.4. The van der Waals surface area contributed by atoms with Crippen molar-refractivity contribution < 1.29 is 51.1 Å². The predicted octanol–water partition coefficient (Wildman–Crippen LogP) is 1.30. The van der Waals surface area contributed by atoms with E-state index in [9.17, 15) is 51.1 Å². The van der Waals surface area contributed by atoms with Gasteiger partial charge in [0, 0.05) is 22.3 Å². The van der Waals surface area contributed by atoms with E-state index in [1.807, 2.05) is 30.3 Å². The van der Waals surface area contributed by atoms with Crippen LogP contribution in [0.25, 0.3) is 77.2 Å². The van der Waals surface area contributed by atoms with Gasteiger partial charge in [0.2, 0.25) is 0 Å². The van der Waals surface area contributed by atoms with Crippen molar-refractivity contribution in [2.24, 2.45) is 0 Å². The summed E-state index contributed by atoms with van der Waals surface area (Å²) < 4.78 is 2.82. The molecule has 0 fully saturated rings. The summed E-state index contributed by atoms with van der Waals surface area (Å²) in [6, 6.07) is 25.1. The van der Waals surface area contributed by atoms with Crippen LogP contribution in [0.3, 0.4) is 0 Å². The number of para-hydroxylation sites is 1. The molecule has 2 aromatic heterocycles. The number of rotatable bonds is 4. The van der Waals surface area contributed by atoms with Crippen molar-refractivity contribution >= 4 is 96.8 Å². The predicted molar refractivity (Wildman–Crippen MR) is 235 cm³/mol. The molecule has 0 radical (unpaired) electrons. The van der Waals surface area contributed by atoms with Gasteiger partial charge >= 0.3 is 0 Å². The van der Waals surface area contributed by atoms with E-state index in [0.29, 0.717) is 16.8 Å². The number of benzene rings is 7. The Morgan fingerprint density at radius 1 is 0.293 bits per heavy atom. The van der Waals surface area contributed by atoms with Crippen LogP contribution in [0.5, 0.6) is 57.5 Å². The summed E-state index contributed by atoms with van der Waals surface area (Å²) in [5.74, 6) is -6.41. The highest BCUT2D eigenvalue weighted by molar-refractivity contribution is 6.56. The Bertz CT molecular complexity index is 3260. The van der Waals surface area contributed by atoms with Gasteiger partial charge in [0.05, 0.1) is 38.3 Å². The molecule has 0 aliphatic rings. The zero-order valence-electron chi connectivity index (χ0n) is 31.4. The minimum atomic E-state index is -0.924. The lowest BCUT2D eigenvalue weighted by Crippen LogP contribution is -2.26. The molecule has 58 heavy (non-hydrogen) atoms. The largest absolute Gasteiger partial charge is 0.507 e. The number of aromatic nitrogens is 2. The van der Waals surface area contributed by atoms with Crippen molar-refractivity contribution in [3.05, 3.63) is 84.9 Å². The molecule has 0 aliphatic heterocycles. The second-order valence-electron chi connectivity index (χ2n) is 14.5. The molecular weight excluding hydrogens is 736 g/mol. The summed E-state index contributed by atoms with van der Waals surface area (Å²) in [5.41, 5.74) is 1.96. The zero-order valence-corrected chi connectivity index (χ0v) is 31.4. The van der Waals surface area contributed by atoms with E-state index in [-0.39, 0.29) is 65.6 Å². The molecule has 2 heterocycles. The Hall–Kier alpha value is -7.60. The minimum Gasteiger partial charge on any atom is -0.507 e. The summed E-state index contributed by atoms with van der Waals surface area (Å²) in [6.07, 6.45) is 0. The van der Waals surface area contributed by atoms with Gasteiger partial charge in [-0.3, -0.25) is 0 Å². The fourth-order valence-corrected chi connectivity index (χ4v) is 8.48. The minimum absolute atomic E-state index is 0.0130. The van der Waals surface area contributed by atoms with Crippen molar-refractivity contribution in [2.45, 2.75) is 0 Å². The number of phenols is 10. The van der Waals surface area contributed by atoms with E-state index in [4.69, 9.17) is 0 Å². The Balaban J connectivity index is 1.44. The smallest absolute Gasteiger partial charge is 0.183 e. The van der Waals surface area contributed by atoms with Crippen LogP contribution in [-0.4, -0.2) is 91.6 Å². The first-order chi connectivity index (χ1) is 27.7. The molecule has 282 valence electrons. The Labute approximate surface area is 332 Å². The Morgan fingerprint density at radius 2 is 0.707 bits per heavy atom. The van der Waals surface area contributed by atoms with Gasteiger partial charge in [-0.05, 0) is 51.8 Å². The first-order valence-electron chi connectivity index (χ1n) is 18.2. The second-order valence-corrected chi connectivity index (χ2v) is 14.5. The number of fused-ring (bicyclic) bond motifs is 6. The SMILES string of the molecule is Bc1c(O)c(O)c2c(c1B)c1c(O)c(-c3c(O)c(O)c4c(c3O)c3c(O)c(O)c(B)c(O)c3n4-c3ccc(-c4ccccc4)cc3)c(B)c(O)c1n2-c1ccccc1. The van der Waals surface area contributed by atoms with Gasteiger partial charge in [0.15, 0.2) is 34.5 Å². The van der Waals surface area contributed by atoms with Crippen LogP contribution in [0, 0.1) is 0 Å². The van der Waals surface area contributed by atoms with Crippen molar-refractivity contribution in [3.8, 4) is 91.1 Å². The van der Waals surface area contributed by atoms with Gasteiger partial charge in [-0.15, -0.1) is 0 Å². The molecule has 10 N–H and O–H groups in total. The maximum Gasteiger partial charge on any atom is 0.183 e. The lowest BCUT2D eigenvalue weighted by molar-refractivity contribution is 0.402. The zero-order chi connectivity index (χ0) is 41.2. The van der Waals surface area contributed by atoms with Crippen LogP contribution in [0.2, 0.25) is 0 Å². The second kappa shape index (κ2) is 12.5. The average Bonchev–Trinajstić information content (AvgIpc) is 3.79. The van der Waals surface area contributed by atoms with Crippen LogP contribution in [0.15, 0.2) is 84.9 Å². The highest BCUT2D eigenvalue weighted by atomic mass is 16.3. The van der Waals surface area contributed by atoms with Crippen LogP contribution < -0.4 is 21.9 Å². The molecule has 12 nitrogen and oxygen atoms in total. The summed E-state index contributed by atoms with van der Waals surface area (Å²) in [5, 5.41) is 117. The molecule has 0 saturated heterocycles. The Morgan fingerprint density at radius 3 is 1.31 bits per heavy atom. The van der Waals surface area contributed by atoms with Crippen molar-refractivity contribution in [3.63, 3.8) is 0 Å². The third-order valence-electron chi connectivity index (χ3n) is 11.6. The quantitative estimate of drug-likeness (QED) is 0.0705. The average molecular weight is 768 g/mol. The Kier molecular flexibility index (Phi) is 7.74. The fourth-order valence-electron chi connectivity index (χ4n) is 8.48. The van der Waals surface area contributed by atoms with Gasteiger partial charge < -0.3 is 60.2 Å². The molecule has 7 aromatic carbocycles. The summed E-state index contributed by atoms with van der Waals surface area (Å²) in [7, 11) is 6.04. The first kappa shape index (κ1) is 36.1. The highest BCUT2D eigenvalue weighted by Gasteiger charge is 2.35. The van der Waals surface area contributed by atoms with E-state index in [0.717, 1.165) is 11.1 Å². The van der Waals surface area contributed by atoms with Crippen LogP contribution in [0.4, 0.5) is 0 Å². The van der Waals surface area contributed by atoms with Gasteiger partial charge in [-0.25, -0.2) is 0 Å². The van der Waals surface area contributed by atoms with E-state index in [2.05, 4.69) is 0 Å². The normalized spacial score (nSPS) is 11.7. The molecule has 0 bridgehead atoms. The summed E-state index contributed by atoms with van der Waals surface area (Å²) in [6.45, 7) is 0.